The lowest BCUT2D eigenvalue weighted by Crippen LogP contribution is -2.38. The molecule has 7 heteroatoms. The highest BCUT2D eigenvalue weighted by Crippen LogP contribution is 2.16. The summed E-state index contributed by atoms with van der Waals surface area (Å²) in [6, 6.07) is 6.77. The Bertz CT molecular complexity index is 603. The fraction of sp³-hybridized carbons (Fsp3) is 0.471. The zero-order valence-electron chi connectivity index (χ0n) is 13.7. The first-order valence-corrected chi connectivity index (χ1v) is 8.26. The third kappa shape index (κ3) is 5.06. The minimum absolute atomic E-state index is 0.0108. The first-order valence-electron chi connectivity index (χ1n) is 8.26. The molecule has 130 valence electrons. The van der Waals surface area contributed by atoms with E-state index < -0.39 is 0 Å². The summed E-state index contributed by atoms with van der Waals surface area (Å²) in [6.07, 6.45) is 3.29. The van der Waals surface area contributed by atoms with Crippen LogP contribution in [0.1, 0.15) is 36.0 Å². The van der Waals surface area contributed by atoms with Crippen molar-refractivity contribution < 1.29 is 14.4 Å². The molecule has 1 saturated heterocycles. The van der Waals surface area contributed by atoms with Gasteiger partial charge in [-0.15, -0.1) is 0 Å². The molecule has 0 aromatic heterocycles. The van der Waals surface area contributed by atoms with Gasteiger partial charge in [0.2, 0.25) is 11.8 Å². The van der Waals surface area contributed by atoms with Gasteiger partial charge < -0.3 is 21.3 Å². The molecule has 4 N–H and O–H groups in total. The van der Waals surface area contributed by atoms with Gasteiger partial charge >= 0.3 is 0 Å². The Morgan fingerprint density at radius 1 is 1.17 bits per heavy atom. The third-order valence-corrected chi connectivity index (χ3v) is 3.88. The second-order valence-corrected chi connectivity index (χ2v) is 5.76. The van der Waals surface area contributed by atoms with Gasteiger partial charge in [0.15, 0.2) is 0 Å². The predicted octanol–water partition coefficient (Wildman–Crippen LogP) is 0.716. The van der Waals surface area contributed by atoms with Crippen molar-refractivity contribution in [3.63, 3.8) is 0 Å². The van der Waals surface area contributed by atoms with Crippen molar-refractivity contribution in [2.24, 2.45) is 5.73 Å². The summed E-state index contributed by atoms with van der Waals surface area (Å²) in [5.74, 6) is -0.580. The van der Waals surface area contributed by atoms with Gasteiger partial charge in [-0.25, -0.2) is 0 Å². The molecule has 0 aliphatic carbocycles. The van der Waals surface area contributed by atoms with E-state index in [1.807, 2.05) is 0 Å². The number of anilines is 1. The number of carbonyl (C=O) groups is 3. The molecular weight excluding hydrogens is 308 g/mol. The van der Waals surface area contributed by atoms with E-state index in [4.69, 9.17) is 5.73 Å². The summed E-state index contributed by atoms with van der Waals surface area (Å²) in [4.78, 5) is 37.9. The largest absolute Gasteiger partial charge is 0.351 e. The molecule has 1 aromatic rings. The molecule has 0 saturated carbocycles. The van der Waals surface area contributed by atoms with Gasteiger partial charge in [-0.1, -0.05) is 18.6 Å². The molecule has 3 amide bonds. The van der Waals surface area contributed by atoms with Crippen LogP contribution in [-0.2, 0) is 9.59 Å². The van der Waals surface area contributed by atoms with Gasteiger partial charge in [0.25, 0.3) is 5.91 Å². The maximum Gasteiger partial charge on any atom is 0.253 e. The van der Waals surface area contributed by atoms with E-state index in [1.165, 1.54) is 0 Å². The first kappa shape index (κ1) is 17.9. The molecule has 1 aromatic carbocycles. The number of nitrogens with one attached hydrogen (secondary N) is 2. The molecule has 0 spiro atoms. The van der Waals surface area contributed by atoms with Crippen LogP contribution in [0.5, 0.6) is 0 Å². The minimum Gasteiger partial charge on any atom is -0.351 e. The lowest BCUT2D eigenvalue weighted by atomic mass is 10.1. The minimum atomic E-state index is -0.302. The van der Waals surface area contributed by atoms with Crippen LogP contribution in [0.3, 0.4) is 0 Å². The number of hydrogen-bond acceptors (Lipinski definition) is 4. The molecule has 1 aliphatic rings. The van der Waals surface area contributed by atoms with Gasteiger partial charge in [0, 0.05) is 26.1 Å². The van der Waals surface area contributed by atoms with Crippen molar-refractivity contribution in [2.45, 2.75) is 25.7 Å². The third-order valence-electron chi connectivity index (χ3n) is 3.88. The lowest BCUT2D eigenvalue weighted by Gasteiger charge is -2.20. The molecule has 7 nitrogen and oxygen atoms in total. The molecule has 1 heterocycles. The normalized spacial score (nSPS) is 14.9. The van der Waals surface area contributed by atoms with Crippen molar-refractivity contribution in [3.8, 4) is 0 Å². The average Bonchev–Trinajstić information content (AvgIpc) is 2.78. The van der Waals surface area contributed by atoms with Crippen LogP contribution in [0.4, 0.5) is 5.69 Å². The summed E-state index contributed by atoms with van der Waals surface area (Å²) in [5.41, 5.74) is 6.19. The number of nitrogens with zero attached hydrogens (tertiary/aromatic N) is 1. The van der Waals surface area contributed by atoms with E-state index in [0.29, 0.717) is 37.3 Å². The smallest absolute Gasteiger partial charge is 0.253 e. The highest BCUT2D eigenvalue weighted by Gasteiger charge is 2.20. The Hall–Kier alpha value is -2.41. The van der Waals surface area contributed by atoms with Crippen molar-refractivity contribution in [1.82, 2.24) is 10.2 Å². The quantitative estimate of drug-likeness (QED) is 0.714. The zero-order chi connectivity index (χ0) is 17.4. The number of nitrogens with two attached hydrogens (primary N) is 1. The molecule has 2 rings (SSSR count). The first-order chi connectivity index (χ1) is 11.6. The number of para-hydroxylation sites is 1. The summed E-state index contributed by atoms with van der Waals surface area (Å²) >= 11 is 0. The Kier molecular flexibility index (Phi) is 6.74. The van der Waals surface area contributed by atoms with E-state index in [9.17, 15) is 14.4 Å². The number of carbonyl (C=O) groups excluding carboxylic acids is 3. The van der Waals surface area contributed by atoms with Crippen molar-refractivity contribution >= 4 is 23.4 Å². The van der Waals surface area contributed by atoms with Crippen molar-refractivity contribution in [3.05, 3.63) is 29.8 Å². The summed E-state index contributed by atoms with van der Waals surface area (Å²) in [5, 5.41) is 5.41. The maximum absolute atomic E-state index is 12.3. The molecule has 1 fully saturated rings. The summed E-state index contributed by atoms with van der Waals surface area (Å²) in [7, 11) is 0. The second-order valence-electron chi connectivity index (χ2n) is 5.76. The number of benzene rings is 1. The predicted molar refractivity (Wildman–Crippen MR) is 91.5 cm³/mol. The van der Waals surface area contributed by atoms with Gasteiger partial charge in [-0.3, -0.25) is 14.4 Å². The molecule has 1 aliphatic heterocycles. The SMILES string of the molecule is NCCNC(=O)c1ccccc1NC(=O)CN1CCCCCC1=O. The zero-order valence-corrected chi connectivity index (χ0v) is 13.7. The van der Waals surface area contributed by atoms with E-state index in [1.54, 1.807) is 29.2 Å². The number of hydrogen-bond donors (Lipinski definition) is 3. The number of rotatable bonds is 6. The molecule has 0 unspecified atom stereocenters. The van der Waals surface area contributed by atoms with Gasteiger partial charge in [0.05, 0.1) is 17.8 Å². The lowest BCUT2D eigenvalue weighted by molar-refractivity contribution is -0.134. The average molecular weight is 332 g/mol. The number of amides is 3. The van der Waals surface area contributed by atoms with Gasteiger partial charge in [0.1, 0.15) is 0 Å². The van der Waals surface area contributed by atoms with Crippen LogP contribution in [0.15, 0.2) is 24.3 Å². The van der Waals surface area contributed by atoms with Crippen LogP contribution in [0.25, 0.3) is 0 Å². The van der Waals surface area contributed by atoms with Crippen LogP contribution < -0.4 is 16.4 Å². The van der Waals surface area contributed by atoms with E-state index >= 15 is 0 Å². The molecule has 0 bridgehead atoms. The monoisotopic (exact) mass is 332 g/mol. The highest BCUT2D eigenvalue weighted by molar-refractivity contribution is 6.04. The van der Waals surface area contributed by atoms with E-state index in [2.05, 4.69) is 10.6 Å². The van der Waals surface area contributed by atoms with Crippen molar-refractivity contribution in [1.29, 1.82) is 0 Å². The van der Waals surface area contributed by atoms with Crippen LogP contribution >= 0.6 is 0 Å². The Labute approximate surface area is 141 Å². The molecule has 0 atom stereocenters. The Morgan fingerprint density at radius 2 is 1.96 bits per heavy atom. The summed E-state index contributed by atoms with van der Waals surface area (Å²) < 4.78 is 0. The standard InChI is InChI=1S/C17H24N4O3/c18-9-10-19-17(24)13-6-3-4-7-14(13)20-15(22)12-21-11-5-1-2-8-16(21)23/h3-4,6-7H,1-2,5,8-12,18H2,(H,19,24)(H,20,22). The van der Waals surface area contributed by atoms with Crippen LogP contribution in [-0.4, -0.2) is 48.8 Å². The van der Waals surface area contributed by atoms with Crippen LogP contribution in [0, 0.1) is 0 Å². The number of likely N-dealkylation sites (tertiary alicyclic amines) is 1. The molecule has 24 heavy (non-hydrogen) atoms. The van der Waals surface area contributed by atoms with E-state index in [-0.39, 0.29) is 24.3 Å². The summed E-state index contributed by atoms with van der Waals surface area (Å²) in [6.45, 7) is 1.32. The maximum atomic E-state index is 12.3. The van der Waals surface area contributed by atoms with Crippen molar-refractivity contribution in [2.75, 3.05) is 31.5 Å². The Balaban J connectivity index is 2.00. The van der Waals surface area contributed by atoms with Gasteiger partial charge in [-0.05, 0) is 25.0 Å². The molecule has 0 radical (unpaired) electrons. The topological polar surface area (TPSA) is 105 Å². The second kappa shape index (κ2) is 9.02. The fourth-order valence-electron chi connectivity index (χ4n) is 2.64. The molecular formula is C17H24N4O3. The fourth-order valence-corrected chi connectivity index (χ4v) is 2.64. The van der Waals surface area contributed by atoms with E-state index in [0.717, 1.165) is 19.3 Å². The Morgan fingerprint density at radius 3 is 2.75 bits per heavy atom. The van der Waals surface area contributed by atoms with Gasteiger partial charge in [-0.2, -0.15) is 0 Å². The highest BCUT2D eigenvalue weighted by atomic mass is 16.2. The van der Waals surface area contributed by atoms with Crippen LogP contribution in [0.2, 0.25) is 0 Å².